The summed E-state index contributed by atoms with van der Waals surface area (Å²) in [6.07, 6.45) is 77.7. The first-order chi connectivity index (χ1) is 52.2. The number of hydrogen-bond donors (Lipinski definition) is 3. The standard InChI is InChI=1S/C88H172O17P2/c1-5-9-13-17-21-25-29-33-36-38-40-42-44-46-50-53-57-61-65-69-73-86(91)99-79-84(105-88(93)75-71-67-63-59-55-51-47-45-43-41-39-37-34-30-26-22-18-14-10-6-2)81-103-107(96,97)101-77-82(89)76-100-106(94,95)102-80-83(78-98-85(90)72-68-64-60-56-52-48-32-28-24-20-16-12-8-4)104-87(92)74-70-66-62-58-54-49-35-31-27-23-19-15-11-7-3/h82-84,89H,5-81H2,1-4H3,(H,94,95)(H,96,97)/t82-,83+,84+/m0/s1. The second-order valence-electron chi connectivity index (χ2n) is 31.6. The second-order valence-corrected chi connectivity index (χ2v) is 34.5. The zero-order valence-electron chi connectivity index (χ0n) is 70.1. The molecule has 0 rings (SSSR count). The number of ether oxygens (including phenoxy) is 4. The van der Waals surface area contributed by atoms with E-state index in [0.717, 1.165) is 89.9 Å². The van der Waals surface area contributed by atoms with Crippen molar-refractivity contribution in [1.29, 1.82) is 0 Å². The lowest BCUT2D eigenvalue weighted by Gasteiger charge is -2.21. The van der Waals surface area contributed by atoms with Gasteiger partial charge in [0, 0.05) is 25.7 Å². The molecule has 0 aliphatic rings. The molecule has 0 aromatic heterocycles. The SMILES string of the molecule is CCCCCCCCCCCCCCCCCCCCCCC(=O)OC[C@H](COP(=O)(O)OC[C@@H](O)COP(=O)(O)OC[C@@H](COC(=O)CCCCCCCCCCCCCCC)OC(=O)CCCCCCCCCCCCCCCC)OC(=O)CCCCCCCCCCCCCCCCCCCCCC. The van der Waals surface area contributed by atoms with Gasteiger partial charge in [-0.15, -0.1) is 0 Å². The van der Waals surface area contributed by atoms with Crippen molar-refractivity contribution in [2.24, 2.45) is 0 Å². The van der Waals surface area contributed by atoms with E-state index in [1.807, 2.05) is 0 Å². The van der Waals surface area contributed by atoms with Crippen molar-refractivity contribution in [2.45, 2.75) is 502 Å². The normalized spacial score (nSPS) is 13.7. The number of hydrogen-bond acceptors (Lipinski definition) is 15. The largest absolute Gasteiger partial charge is 0.472 e. The zero-order valence-corrected chi connectivity index (χ0v) is 71.9. The highest BCUT2D eigenvalue weighted by molar-refractivity contribution is 7.47. The number of aliphatic hydroxyl groups is 1. The zero-order chi connectivity index (χ0) is 78.1. The molecule has 0 fully saturated rings. The van der Waals surface area contributed by atoms with Crippen LogP contribution < -0.4 is 0 Å². The van der Waals surface area contributed by atoms with Crippen LogP contribution in [0.1, 0.15) is 484 Å². The van der Waals surface area contributed by atoms with Crippen LogP contribution in [0, 0.1) is 0 Å². The van der Waals surface area contributed by atoms with E-state index in [9.17, 15) is 43.2 Å². The summed E-state index contributed by atoms with van der Waals surface area (Å²) in [4.78, 5) is 73.3. The summed E-state index contributed by atoms with van der Waals surface area (Å²) < 4.78 is 69.0. The highest BCUT2D eigenvalue weighted by Gasteiger charge is 2.30. The number of phosphoric ester groups is 2. The molecule has 0 aliphatic carbocycles. The Morgan fingerprint density at radius 3 is 0.551 bits per heavy atom. The number of phosphoric acid groups is 2. The van der Waals surface area contributed by atoms with E-state index < -0.39 is 97.5 Å². The van der Waals surface area contributed by atoms with E-state index in [0.29, 0.717) is 25.7 Å². The molecule has 3 N–H and O–H groups in total. The maximum Gasteiger partial charge on any atom is 0.472 e. The smallest absolute Gasteiger partial charge is 0.462 e. The molecular formula is C88H172O17P2. The average molecular weight is 1560 g/mol. The Kier molecular flexibility index (Phi) is 80.6. The summed E-state index contributed by atoms with van der Waals surface area (Å²) in [5.41, 5.74) is 0. The minimum atomic E-state index is -4.97. The van der Waals surface area contributed by atoms with Gasteiger partial charge in [-0.25, -0.2) is 9.13 Å². The van der Waals surface area contributed by atoms with Gasteiger partial charge in [0.15, 0.2) is 12.2 Å². The second kappa shape index (κ2) is 82.1. The van der Waals surface area contributed by atoms with E-state index >= 15 is 0 Å². The number of rotatable bonds is 89. The Hall–Kier alpha value is -1.94. The van der Waals surface area contributed by atoms with Crippen LogP contribution in [0.25, 0.3) is 0 Å². The van der Waals surface area contributed by atoms with E-state index in [1.54, 1.807) is 0 Å². The molecule has 0 heterocycles. The highest BCUT2D eigenvalue weighted by Crippen LogP contribution is 2.45. The van der Waals surface area contributed by atoms with Crippen LogP contribution in [0.3, 0.4) is 0 Å². The molecule has 0 amide bonds. The van der Waals surface area contributed by atoms with Gasteiger partial charge in [0.2, 0.25) is 0 Å². The number of carbonyl (C=O) groups excluding carboxylic acids is 4. The Balaban J connectivity index is 5.24. The molecule has 107 heavy (non-hydrogen) atoms. The molecule has 0 saturated heterocycles. The van der Waals surface area contributed by atoms with Gasteiger partial charge < -0.3 is 33.8 Å². The van der Waals surface area contributed by atoms with Crippen LogP contribution in [0.4, 0.5) is 0 Å². The first-order valence-corrected chi connectivity index (χ1v) is 48.8. The quantitative estimate of drug-likeness (QED) is 0.0222. The first kappa shape index (κ1) is 105. The van der Waals surface area contributed by atoms with E-state index in [1.165, 1.54) is 315 Å². The van der Waals surface area contributed by atoms with Crippen LogP contribution in [0.2, 0.25) is 0 Å². The van der Waals surface area contributed by atoms with Crippen molar-refractivity contribution in [3.63, 3.8) is 0 Å². The predicted octanol–water partition coefficient (Wildman–Crippen LogP) is 27.3. The summed E-state index contributed by atoms with van der Waals surface area (Å²) in [5, 5.41) is 10.7. The maximum absolute atomic E-state index is 13.2. The van der Waals surface area contributed by atoms with E-state index in [2.05, 4.69) is 27.7 Å². The number of carbonyl (C=O) groups is 4. The van der Waals surface area contributed by atoms with Crippen molar-refractivity contribution >= 4 is 39.5 Å². The van der Waals surface area contributed by atoms with Crippen molar-refractivity contribution in [3.8, 4) is 0 Å². The van der Waals surface area contributed by atoms with Crippen LogP contribution in [-0.4, -0.2) is 96.7 Å². The maximum atomic E-state index is 13.2. The fourth-order valence-electron chi connectivity index (χ4n) is 13.9. The van der Waals surface area contributed by atoms with Gasteiger partial charge in [-0.05, 0) is 25.7 Å². The van der Waals surface area contributed by atoms with Crippen LogP contribution >= 0.6 is 15.6 Å². The molecule has 0 aromatic rings. The fourth-order valence-corrected chi connectivity index (χ4v) is 15.5. The van der Waals surface area contributed by atoms with Crippen molar-refractivity contribution in [1.82, 2.24) is 0 Å². The summed E-state index contributed by atoms with van der Waals surface area (Å²) in [6, 6.07) is 0. The Bertz CT molecular complexity index is 2020. The average Bonchev–Trinajstić information content (AvgIpc) is 0.902. The lowest BCUT2D eigenvalue weighted by atomic mass is 10.0. The van der Waals surface area contributed by atoms with Crippen molar-refractivity contribution < 1.29 is 80.2 Å². The van der Waals surface area contributed by atoms with Crippen molar-refractivity contribution in [3.05, 3.63) is 0 Å². The molecule has 2 unspecified atom stereocenters. The summed E-state index contributed by atoms with van der Waals surface area (Å²) in [7, 11) is -9.93. The monoisotopic (exact) mass is 1560 g/mol. The van der Waals surface area contributed by atoms with Gasteiger partial charge in [0.1, 0.15) is 19.3 Å². The van der Waals surface area contributed by atoms with Gasteiger partial charge in [-0.2, -0.15) is 0 Å². The predicted molar refractivity (Wildman–Crippen MR) is 442 cm³/mol. The molecular weight excluding hydrogens is 1390 g/mol. The third kappa shape index (κ3) is 81.9. The number of unbranched alkanes of at least 4 members (excludes halogenated alkanes) is 63. The minimum Gasteiger partial charge on any atom is -0.462 e. The molecule has 0 saturated carbocycles. The first-order valence-electron chi connectivity index (χ1n) is 45.8. The van der Waals surface area contributed by atoms with Gasteiger partial charge in [0.25, 0.3) is 0 Å². The minimum absolute atomic E-state index is 0.109. The third-order valence-electron chi connectivity index (χ3n) is 20.9. The summed E-state index contributed by atoms with van der Waals surface area (Å²) in [6.45, 7) is 5.08. The van der Waals surface area contributed by atoms with Crippen LogP contribution in [0.5, 0.6) is 0 Å². The number of aliphatic hydroxyl groups excluding tert-OH is 1. The molecule has 0 spiro atoms. The Morgan fingerprint density at radius 2 is 0.374 bits per heavy atom. The molecule has 0 aliphatic heterocycles. The molecule has 0 aromatic carbocycles. The molecule has 17 nitrogen and oxygen atoms in total. The highest BCUT2D eigenvalue weighted by atomic mass is 31.2. The topological polar surface area (TPSA) is 237 Å². The van der Waals surface area contributed by atoms with Gasteiger partial charge >= 0.3 is 39.5 Å². The van der Waals surface area contributed by atoms with Crippen LogP contribution in [0.15, 0.2) is 0 Å². The molecule has 5 atom stereocenters. The molecule has 0 radical (unpaired) electrons. The Morgan fingerprint density at radius 1 is 0.224 bits per heavy atom. The van der Waals surface area contributed by atoms with E-state index in [4.69, 9.17) is 37.0 Å². The van der Waals surface area contributed by atoms with Crippen molar-refractivity contribution in [2.75, 3.05) is 39.6 Å². The third-order valence-corrected chi connectivity index (χ3v) is 22.8. The lowest BCUT2D eigenvalue weighted by Crippen LogP contribution is -2.30. The van der Waals surface area contributed by atoms with Gasteiger partial charge in [-0.1, -0.05) is 432 Å². The van der Waals surface area contributed by atoms with Crippen LogP contribution in [-0.2, 0) is 65.4 Å². The molecule has 0 bridgehead atoms. The number of esters is 4. The lowest BCUT2D eigenvalue weighted by molar-refractivity contribution is -0.161. The fraction of sp³-hybridized carbons (Fsp3) is 0.955. The van der Waals surface area contributed by atoms with E-state index in [-0.39, 0.29) is 25.7 Å². The van der Waals surface area contributed by atoms with Gasteiger partial charge in [-0.3, -0.25) is 37.3 Å². The Labute approximate surface area is 658 Å². The summed E-state index contributed by atoms with van der Waals surface area (Å²) in [5.74, 6) is -2.09. The summed E-state index contributed by atoms with van der Waals surface area (Å²) >= 11 is 0. The molecule has 636 valence electrons. The van der Waals surface area contributed by atoms with Gasteiger partial charge in [0.05, 0.1) is 26.4 Å². The molecule has 19 heteroatoms.